The van der Waals surface area contributed by atoms with Crippen LogP contribution in [0.25, 0.3) is 5.82 Å². The van der Waals surface area contributed by atoms with Crippen molar-refractivity contribution in [3.8, 4) is 5.82 Å². The number of carbonyl (C=O) groups is 1. The predicted octanol–water partition coefficient (Wildman–Crippen LogP) is 2.71. The highest BCUT2D eigenvalue weighted by molar-refractivity contribution is 7.09. The molecule has 0 aliphatic heterocycles. The van der Waals surface area contributed by atoms with Gasteiger partial charge in [-0.15, -0.1) is 11.3 Å². The standard InChI is InChI=1S/C17H19N5OS/c1-12(2)17-21-14(11-24-17)9-16(23)19-10-13-4-6-18-15(8-13)22-7-3-5-20-22/h3-8,11-12H,9-10H2,1-2H3,(H,19,23). The lowest BCUT2D eigenvalue weighted by molar-refractivity contribution is -0.120. The van der Waals surface area contributed by atoms with Gasteiger partial charge in [0.05, 0.1) is 17.1 Å². The minimum atomic E-state index is -0.0342. The minimum absolute atomic E-state index is 0.0342. The van der Waals surface area contributed by atoms with Crippen molar-refractivity contribution in [3.63, 3.8) is 0 Å². The lowest BCUT2D eigenvalue weighted by Crippen LogP contribution is -2.24. The van der Waals surface area contributed by atoms with Gasteiger partial charge in [-0.3, -0.25) is 4.79 Å². The van der Waals surface area contributed by atoms with Crippen molar-refractivity contribution in [2.45, 2.75) is 32.7 Å². The Balaban J connectivity index is 1.57. The molecule has 24 heavy (non-hydrogen) atoms. The number of aromatic nitrogens is 4. The Hall–Kier alpha value is -2.54. The fraction of sp³-hybridized carbons (Fsp3) is 0.294. The summed E-state index contributed by atoms with van der Waals surface area (Å²) in [5.41, 5.74) is 1.80. The monoisotopic (exact) mass is 341 g/mol. The molecule has 7 heteroatoms. The number of nitrogens with zero attached hydrogens (tertiary/aromatic N) is 4. The fourth-order valence-electron chi connectivity index (χ4n) is 2.20. The molecule has 3 aromatic heterocycles. The number of pyridine rings is 1. The van der Waals surface area contributed by atoms with E-state index in [0.29, 0.717) is 18.9 Å². The van der Waals surface area contributed by atoms with Crippen LogP contribution in [-0.4, -0.2) is 25.7 Å². The molecule has 0 unspecified atom stereocenters. The van der Waals surface area contributed by atoms with Crippen LogP contribution in [0.2, 0.25) is 0 Å². The van der Waals surface area contributed by atoms with Crippen LogP contribution >= 0.6 is 11.3 Å². The second kappa shape index (κ2) is 7.35. The Morgan fingerprint density at radius 3 is 2.96 bits per heavy atom. The van der Waals surface area contributed by atoms with Crippen LogP contribution in [0, 0.1) is 0 Å². The van der Waals surface area contributed by atoms with Crippen molar-refractivity contribution in [3.05, 3.63) is 58.4 Å². The normalized spacial score (nSPS) is 11.0. The van der Waals surface area contributed by atoms with Crippen LogP contribution in [0.1, 0.15) is 36.0 Å². The number of amides is 1. The molecule has 0 atom stereocenters. The molecule has 3 aromatic rings. The van der Waals surface area contributed by atoms with E-state index in [1.807, 2.05) is 29.8 Å². The molecule has 124 valence electrons. The highest BCUT2D eigenvalue weighted by Crippen LogP contribution is 2.19. The Kier molecular flexibility index (Phi) is 5.00. The van der Waals surface area contributed by atoms with E-state index in [-0.39, 0.29) is 5.91 Å². The summed E-state index contributed by atoms with van der Waals surface area (Å²) in [4.78, 5) is 20.9. The van der Waals surface area contributed by atoms with Crippen LogP contribution in [0.15, 0.2) is 42.2 Å². The maximum atomic E-state index is 12.1. The SMILES string of the molecule is CC(C)c1nc(CC(=O)NCc2ccnc(-n3cccn3)c2)cs1. The third-order valence-electron chi connectivity index (χ3n) is 3.44. The van der Waals surface area contributed by atoms with Gasteiger partial charge in [-0.1, -0.05) is 13.8 Å². The van der Waals surface area contributed by atoms with E-state index in [0.717, 1.165) is 22.1 Å². The molecule has 3 heterocycles. The molecule has 6 nitrogen and oxygen atoms in total. The molecule has 0 radical (unpaired) electrons. The summed E-state index contributed by atoms with van der Waals surface area (Å²) in [6, 6.07) is 5.63. The van der Waals surface area contributed by atoms with E-state index in [1.54, 1.807) is 28.4 Å². The minimum Gasteiger partial charge on any atom is -0.352 e. The van der Waals surface area contributed by atoms with Crippen molar-refractivity contribution >= 4 is 17.2 Å². The number of rotatable bonds is 6. The summed E-state index contributed by atoms with van der Waals surface area (Å²) in [7, 11) is 0. The highest BCUT2D eigenvalue weighted by atomic mass is 32.1. The third-order valence-corrected chi connectivity index (χ3v) is 4.64. The number of nitrogens with one attached hydrogen (secondary N) is 1. The first-order chi connectivity index (χ1) is 11.6. The molecule has 0 aliphatic rings. The zero-order valence-corrected chi connectivity index (χ0v) is 14.5. The fourth-order valence-corrected chi connectivity index (χ4v) is 3.03. The lowest BCUT2D eigenvalue weighted by atomic mass is 10.2. The number of thiazole rings is 1. The first kappa shape index (κ1) is 16.3. The summed E-state index contributed by atoms with van der Waals surface area (Å²) >= 11 is 1.61. The van der Waals surface area contributed by atoms with Gasteiger partial charge in [-0.25, -0.2) is 14.6 Å². The molecule has 0 bridgehead atoms. The van der Waals surface area contributed by atoms with Crippen molar-refractivity contribution in [1.29, 1.82) is 0 Å². The largest absolute Gasteiger partial charge is 0.352 e. The summed E-state index contributed by atoms with van der Waals surface area (Å²) in [5.74, 6) is 1.09. The van der Waals surface area contributed by atoms with Gasteiger partial charge in [0.2, 0.25) is 5.91 Å². The van der Waals surface area contributed by atoms with Crippen LogP contribution < -0.4 is 5.32 Å². The van der Waals surface area contributed by atoms with Crippen molar-refractivity contribution in [2.24, 2.45) is 0 Å². The molecular weight excluding hydrogens is 322 g/mol. The van der Waals surface area contributed by atoms with Gasteiger partial charge in [0.15, 0.2) is 5.82 Å². The number of carbonyl (C=O) groups excluding carboxylic acids is 1. The quantitative estimate of drug-likeness (QED) is 0.748. The topological polar surface area (TPSA) is 72.7 Å². The Morgan fingerprint density at radius 2 is 2.25 bits per heavy atom. The number of hydrogen-bond acceptors (Lipinski definition) is 5. The molecule has 0 aromatic carbocycles. The van der Waals surface area contributed by atoms with Crippen LogP contribution in [-0.2, 0) is 17.8 Å². The number of hydrogen-bond donors (Lipinski definition) is 1. The van der Waals surface area contributed by atoms with Gasteiger partial charge in [0.25, 0.3) is 0 Å². The van der Waals surface area contributed by atoms with Crippen LogP contribution in [0.4, 0.5) is 0 Å². The average molecular weight is 341 g/mol. The second-order valence-electron chi connectivity index (χ2n) is 5.76. The van der Waals surface area contributed by atoms with Gasteiger partial charge >= 0.3 is 0 Å². The molecule has 0 spiro atoms. The van der Waals surface area contributed by atoms with Crippen molar-refractivity contribution in [1.82, 2.24) is 25.1 Å². The first-order valence-electron chi connectivity index (χ1n) is 7.78. The maximum absolute atomic E-state index is 12.1. The summed E-state index contributed by atoms with van der Waals surface area (Å²) in [5, 5.41) is 10.1. The summed E-state index contributed by atoms with van der Waals surface area (Å²) in [6.45, 7) is 4.66. The lowest BCUT2D eigenvalue weighted by Gasteiger charge is -2.06. The molecule has 0 saturated heterocycles. The molecule has 0 aliphatic carbocycles. The Labute approximate surface area is 144 Å². The average Bonchev–Trinajstić information content (AvgIpc) is 3.25. The van der Waals surface area contributed by atoms with Gasteiger partial charge < -0.3 is 5.32 Å². The second-order valence-corrected chi connectivity index (χ2v) is 6.65. The molecule has 0 fully saturated rings. The van der Waals surface area contributed by atoms with E-state index in [1.165, 1.54) is 0 Å². The molecule has 1 N–H and O–H groups in total. The Morgan fingerprint density at radius 1 is 1.38 bits per heavy atom. The molecule has 3 rings (SSSR count). The molecule has 1 amide bonds. The molecular formula is C17H19N5OS. The zero-order valence-electron chi connectivity index (χ0n) is 13.6. The van der Waals surface area contributed by atoms with Gasteiger partial charge in [-0.05, 0) is 23.8 Å². The Bertz CT molecular complexity index is 810. The van der Waals surface area contributed by atoms with E-state index >= 15 is 0 Å². The van der Waals surface area contributed by atoms with Crippen LogP contribution in [0.3, 0.4) is 0 Å². The predicted molar refractivity (Wildman–Crippen MR) is 93.1 cm³/mol. The maximum Gasteiger partial charge on any atom is 0.226 e. The van der Waals surface area contributed by atoms with Gasteiger partial charge in [-0.2, -0.15) is 5.10 Å². The summed E-state index contributed by atoms with van der Waals surface area (Å²) in [6.07, 6.45) is 5.56. The highest BCUT2D eigenvalue weighted by Gasteiger charge is 2.10. The smallest absolute Gasteiger partial charge is 0.226 e. The van der Waals surface area contributed by atoms with Gasteiger partial charge in [0.1, 0.15) is 0 Å². The van der Waals surface area contributed by atoms with Crippen LogP contribution in [0.5, 0.6) is 0 Å². The van der Waals surface area contributed by atoms with E-state index < -0.39 is 0 Å². The molecule has 0 saturated carbocycles. The third kappa shape index (κ3) is 4.05. The van der Waals surface area contributed by atoms with E-state index in [2.05, 4.69) is 34.2 Å². The van der Waals surface area contributed by atoms with Crippen molar-refractivity contribution < 1.29 is 4.79 Å². The van der Waals surface area contributed by atoms with Gasteiger partial charge in [0, 0.05) is 36.4 Å². The first-order valence-corrected chi connectivity index (χ1v) is 8.65. The van der Waals surface area contributed by atoms with E-state index in [9.17, 15) is 4.79 Å². The van der Waals surface area contributed by atoms with Crippen molar-refractivity contribution in [2.75, 3.05) is 0 Å². The van der Waals surface area contributed by atoms with E-state index in [4.69, 9.17) is 0 Å². The zero-order chi connectivity index (χ0) is 16.9. The summed E-state index contributed by atoms with van der Waals surface area (Å²) < 4.78 is 1.69.